The second-order valence-corrected chi connectivity index (χ2v) is 4.16. The van der Waals surface area contributed by atoms with E-state index in [0.717, 1.165) is 18.8 Å². The number of unbranched alkanes of at least 4 members (excludes halogenated alkanes) is 1. The Morgan fingerprint density at radius 3 is 2.56 bits per heavy atom. The third-order valence-electron chi connectivity index (χ3n) is 2.77. The summed E-state index contributed by atoms with van der Waals surface area (Å²) in [6.45, 7) is 8.47. The lowest BCUT2D eigenvalue weighted by molar-refractivity contribution is 0.727. The maximum atomic E-state index is 5.78. The van der Waals surface area contributed by atoms with Crippen LogP contribution in [0.15, 0.2) is 18.3 Å². The highest BCUT2D eigenvalue weighted by Crippen LogP contribution is 2.15. The van der Waals surface area contributed by atoms with E-state index < -0.39 is 0 Å². The van der Waals surface area contributed by atoms with Gasteiger partial charge in [-0.2, -0.15) is 0 Å². The summed E-state index contributed by atoms with van der Waals surface area (Å²) in [5.74, 6) is 0. The van der Waals surface area contributed by atoms with Crippen molar-refractivity contribution in [2.45, 2.75) is 39.7 Å². The number of anilines is 1. The molecule has 0 aliphatic rings. The predicted octanol–water partition coefficient (Wildman–Crippen LogP) is 2.73. The van der Waals surface area contributed by atoms with E-state index in [1.54, 1.807) is 0 Å². The van der Waals surface area contributed by atoms with Gasteiger partial charge in [-0.3, -0.25) is 4.98 Å². The fourth-order valence-corrected chi connectivity index (χ4v) is 1.67. The summed E-state index contributed by atoms with van der Waals surface area (Å²) in [6, 6.07) is 4.15. The fraction of sp³-hybridized carbons (Fsp3) is 0.615. The summed E-state index contributed by atoms with van der Waals surface area (Å²) in [6.07, 6.45) is 4.38. The minimum absolute atomic E-state index is 0.0137. The van der Waals surface area contributed by atoms with Gasteiger partial charge in [-0.05, 0) is 32.4 Å². The lowest BCUT2D eigenvalue weighted by atomic mass is 10.2. The number of nitrogens with zero attached hydrogens (tertiary/aromatic N) is 2. The molecule has 2 N–H and O–H groups in total. The molecule has 0 unspecified atom stereocenters. The van der Waals surface area contributed by atoms with Gasteiger partial charge in [0.05, 0.1) is 17.6 Å². The zero-order valence-corrected chi connectivity index (χ0v) is 10.6. The first-order valence-electron chi connectivity index (χ1n) is 6.15. The van der Waals surface area contributed by atoms with E-state index in [1.807, 2.05) is 19.2 Å². The van der Waals surface area contributed by atoms with Crippen LogP contribution in [0.5, 0.6) is 0 Å². The quantitative estimate of drug-likeness (QED) is 0.803. The van der Waals surface area contributed by atoms with E-state index >= 15 is 0 Å². The molecule has 0 aromatic carbocycles. The lowest BCUT2D eigenvalue weighted by Crippen LogP contribution is -2.24. The van der Waals surface area contributed by atoms with Crippen molar-refractivity contribution in [1.82, 2.24) is 4.98 Å². The van der Waals surface area contributed by atoms with Gasteiger partial charge in [0.25, 0.3) is 0 Å². The van der Waals surface area contributed by atoms with Gasteiger partial charge in [0, 0.05) is 19.1 Å². The summed E-state index contributed by atoms with van der Waals surface area (Å²) in [5, 5.41) is 0. The lowest BCUT2D eigenvalue weighted by Gasteiger charge is -2.22. The van der Waals surface area contributed by atoms with Gasteiger partial charge in [-0.25, -0.2) is 0 Å². The molecular weight excluding hydrogens is 198 g/mol. The molecule has 0 spiro atoms. The molecule has 0 radical (unpaired) electrons. The summed E-state index contributed by atoms with van der Waals surface area (Å²) >= 11 is 0. The van der Waals surface area contributed by atoms with E-state index in [4.69, 9.17) is 5.73 Å². The highest BCUT2D eigenvalue weighted by Gasteiger charge is 2.05. The number of pyridine rings is 1. The Balaban J connectivity index is 2.70. The van der Waals surface area contributed by atoms with Crippen molar-refractivity contribution < 1.29 is 0 Å². The maximum absolute atomic E-state index is 5.78. The van der Waals surface area contributed by atoms with Crippen LogP contribution in [0.2, 0.25) is 0 Å². The highest BCUT2D eigenvalue weighted by molar-refractivity contribution is 5.44. The third kappa shape index (κ3) is 3.49. The zero-order chi connectivity index (χ0) is 12.0. The largest absolute Gasteiger partial charge is 0.371 e. The minimum Gasteiger partial charge on any atom is -0.371 e. The van der Waals surface area contributed by atoms with Gasteiger partial charge in [0.1, 0.15) is 0 Å². The standard InChI is InChI=1S/C13H23N3/c1-4-6-9-16(5-2)12-7-8-13(11(3)14)15-10-12/h7-8,10-11H,4-6,9,14H2,1-3H3/t11-/m1/s1. The molecule has 1 aromatic heterocycles. The Bertz CT molecular complexity index is 293. The molecule has 0 saturated heterocycles. The van der Waals surface area contributed by atoms with E-state index in [2.05, 4.69) is 29.8 Å². The molecule has 0 bridgehead atoms. The zero-order valence-electron chi connectivity index (χ0n) is 10.6. The SMILES string of the molecule is CCCCN(CC)c1ccc([C@@H](C)N)nc1. The molecular formula is C13H23N3. The summed E-state index contributed by atoms with van der Waals surface area (Å²) in [4.78, 5) is 6.74. The van der Waals surface area contributed by atoms with E-state index in [-0.39, 0.29) is 6.04 Å². The van der Waals surface area contributed by atoms with E-state index in [0.29, 0.717) is 0 Å². The molecule has 90 valence electrons. The number of nitrogens with two attached hydrogens (primary N) is 1. The number of aromatic nitrogens is 1. The predicted molar refractivity (Wildman–Crippen MR) is 69.6 cm³/mol. The van der Waals surface area contributed by atoms with Gasteiger partial charge >= 0.3 is 0 Å². The second kappa shape index (κ2) is 6.48. The van der Waals surface area contributed by atoms with Gasteiger partial charge in [0.15, 0.2) is 0 Å². The Hall–Kier alpha value is -1.09. The minimum atomic E-state index is 0.0137. The number of hydrogen-bond donors (Lipinski definition) is 1. The van der Waals surface area contributed by atoms with Crippen LogP contribution in [0.3, 0.4) is 0 Å². The molecule has 3 nitrogen and oxygen atoms in total. The molecule has 0 aliphatic carbocycles. The first kappa shape index (κ1) is 13.0. The van der Waals surface area contributed by atoms with Crippen molar-refractivity contribution in [3.05, 3.63) is 24.0 Å². The third-order valence-corrected chi connectivity index (χ3v) is 2.77. The van der Waals surface area contributed by atoms with Gasteiger partial charge in [0.2, 0.25) is 0 Å². The first-order valence-corrected chi connectivity index (χ1v) is 6.15. The van der Waals surface area contributed by atoms with Gasteiger partial charge < -0.3 is 10.6 Å². The summed E-state index contributed by atoms with van der Waals surface area (Å²) in [5.41, 5.74) is 7.93. The van der Waals surface area contributed by atoms with Crippen LogP contribution < -0.4 is 10.6 Å². The summed E-state index contributed by atoms with van der Waals surface area (Å²) < 4.78 is 0. The summed E-state index contributed by atoms with van der Waals surface area (Å²) in [7, 11) is 0. The molecule has 1 heterocycles. The van der Waals surface area contributed by atoms with Crippen LogP contribution in [0.1, 0.15) is 45.3 Å². The second-order valence-electron chi connectivity index (χ2n) is 4.16. The molecule has 3 heteroatoms. The van der Waals surface area contributed by atoms with E-state index in [9.17, 15) is 0 Å². The van der Waals surface area contributed by atoms with Crippen LogP contribution in [0, 0.1) is 0 Å². The smallest absolute Gasteiger partial charge is 0.0569 e. The van der Waals surface area contributed by atoms with E-state index in [1.165, 1.54) is 18.5 Å². The van der Waals surface area contributed by atoms with Crippen LogP contribution in [0.4, 0.5) is 5.69 Å². The van der Waals surface area contributed by atoms with Crippen LogP contribution in [-0.2, 0) is 0 Å². The molecule has 1 rings (SSSR count). The number of rotatable bonds is 6. The Morgan fingerprint density at radius 2 is 2.12 bits per heavy atom. The van der Waals surface area contributed by atoms with Crippen molar-refractivity contribution >= 4 is 5.69 Å². The monoisotopic (exact) mass is 221 g/mol. The van der Waals surface area contributed by atoms with Crippen molar-refractivity contribution in [2.75, 3.05) is 18.0 Å². The van der Waals surface area contributed by atoms with Crippen LogP contribution in [0.25, 0.3) is 0 Å². The van der Waals surface area contributed by atoms with Crippen molar-refractivity contribution in [3.8, 4) is 0 Å². The molecule has 1 aromatic rings. The highest BCUT2D eigenvalue weighted by atomic mass is 15.1. The molecule has 16 heavy (non-hydrogen) atoms. The molecule has 0 fully saturated rings. The average Bonchev–Trinajstić information content (AvgIpc) is 2.30. The maximum Gasteiger partial charge on any atom is 0.0569 e. The Morgan fingerprint density at radius 1 is 1.38 bits per heavy atom. The first-order chi connectivity index (χ1) is 7.69. The van der Waals surface area contributed by atoms with Crippen LogP contribution >= 0.6 is 0 Å². The Kier molecular flexibility index (Phi) is 5.26. The average molecular weight is 221 g/mol. The normalized spacial score (nSPS) is 12.5. The molecule has 1 atom stereocenters. The molecule has 0 saturated carbocycles. The van der Waals surface area contributed by atoms with Crippen molar-refractivity contribution in [3.63, 3.8) is 0 Å². The Labute approximate surface area is 98.7 Å². The topological polar surface area (TPSA) is 42.1 Å². The van der Waals surface area contributed by atoms with Crippen molar-refractivity contribution in [2.24, 2.45) is 5.73 Å². The van der Waals surface area contributed by atoms with Gasteiger partial charge in [-0.1, -0.05) is 13.3 Å². The fourth-order valence-electron chi connectivity index (χ4n) is 1.67. The number of hydrogen-bond acceptors (Lipinski definition) is 3. The molecule has 0 aliphatic heterocycles. The van der Waals surface area contributed by atoms with Gasteiger partial charge in [-0.15, -0.1) is 0 Å². The molecule has 0 amide bonds. The van der Waals surface area contributed by atoms with Crippen LogP contribution in [-0.4, -0.2) is 18.1 Å². The van der Waals surface area contributed by atoms with Crippen molar-refractivity contribution in [1.29, 1.82) is 0 Å².